The van der Waals surface area contributed by atoms with Gasteiger partial charge in [-0.1, -0.05) is 11.8 Å². The van der Waals surface area contributed by atoms with Crippen LogP contribution in [0.5, 0.6) is 11.5 Å². The summed E-state index contributed by atoms with van der Waals surface area (Å²) in [5.74, 6) is 12.1. The number of aromatic nitrogens is 10. The zero-order valence-electron chi connectivity index (χ0n) is 36.3. The van der Waals surface area contributed by atoms with E-state index in [2.05, 4.69) is 74.9 Å². The van der Waals surface area contributed by atoms with E-state index < -0.39 is 31.6 Å². The Morgan fingerprint density at radius 2 is 1.21 bits per heavy atom. The lowest BCUT2D eigenvalue weighted by atomic mass is 10.1. The number of ether oxygens (including phenoxy) is 2. The standard InChI is InChI=1S/2C19H25N7O6S/c1-4-26-16-13(31-9-7-21-8-10-33(28,29)30)11-22-12(5-6-19(2,3)27)14(16)23-18(26)15-17(20)25-32-24-15;1-2-26-17-14(31-10-4-3-7-21-8-11-33(28,29)30)12-22-13(6-5-9-27)15(17)23-19(26)16-18(20)25-32-24-16/h11,21,27H,4,7-10H2,1-3H3,(H2,20,25)(H,28,29,30);12,21,27H,2-4,7-11H2,1H3,(H2,20,25)(H,28,29,30). The molecule has 6 aromatic heterocycles. The van der Waals surface area contributed by atoms with Gasteiger partial charge in [-0.15, -0.1) is 0 Å². The third kappa shape index (κ3) is 13.8. The third-order valence-electron chi connectivity index (χ3n) is 8.94. The minimum Gasteiger partial charge on any atom is -0.490 e. The molecule has 356 valence electrons. The molecule has 28 heteroatoms. The van der Waals surface area contributed by atoms with Crippen molar-refractivity contribution in [3.8, 4) is 58.2 Å². The number of nitrogens with two attached hydrogens (primary N) is 2. The maximum atomic E-state index is 10.8. The molecule has 0 aromatic carbocycles. The molecule has 6 aromatic rings. The van der Waals surface area contributed by atoms with Crippen LogP contribution in [0.4, 0.5) is 11.6 Å². The lowest BCUT2D eigenvalue weighted by molar-refractivity contribution is 0.143. The van der Waals surface area contributed by atoms with E-state index in [0.29, 0.717) is 95.8 Å². The normalized spacial score (nSPS) is 11.8. The second-order valence-corrected chi connectivity index (χ2v) is 17.6. The van der Waals surface area contributed by atoms with Crippen molar-refractivity contribution >= 4 is 53.9 Å². The van der Waals surface area contributed by atoms with Crippen LogP contribution < -0.4 is 31.6 Å². The Balaban J connectivity index is 0.000000247. The van der Waals surface area contributed by atoms with Gasteiger partial charge in [0, 0.05) is 32.7 Å². The van der Waals surface area contributed by atoms with Crippen molar-refractivity contribution in [3.05, 3.63) is 23.8 Å². The van der Waals surface area contributed by atoms with Gasteiger partial charge in [-0.3, -0.25) is 9.11 Å². The van der Waals surface area contributed by atoms with E-state index in [1.165, 1.54) is 6.20 Å². The molecule has 0 bridgehead atoms. The summed E-state index contributed by atoms with van der Waals surface area (Å²) < 4.78 is 85.4. The monoisotopic (exact) mass is 958 g/mol. The first-order valence-electron chi connectivity index (χ1n) is 20.2. The zero-order chi connectivity index (χ0) is 48.1. The number of aryl methyl sites for hydroxylation is 2. The SMILES string of the molecule is CCn1c(-c2nonc2N)nc2c(C#CC(C)(C)O)ncc(OCCNCCS(=O)(=O)O)c21.CCn1c(-c2nonc2N)nc2c(C#CCO)ncc(OCCCCNCCS(=O)(=O)O)c21. The molecule has 0 atom stereocenters. The molecule has 0 radical (unpaired) electrons. The highest BCUT2D eigenvalue weighted by molar-refractivity contribution is 7.86. The van der Waals surface area contributed by atoms with Crippen LogP contribution in [0.2, 0.25) is 0 Å². The predicted molar refractivity (Wildman–Crippen MR) is 238 cm³/mol. The van der Waals surface area contributed by atoms with Crippen LogP contribution in [0.25, 0.3) is 45.1 Å². The van der Waals surface area contributed by atoms with Gasteiger partial charge in [-0.25, -0.2) is 29.2 Å². The summed E-state index contributed by atoms with van der Waals surface area (Å²) in [7, 11) is -7.99. The van der Waals surface area contributed by atoms with E-state index >= 15 is 0 Å². The summed E-state index contributed by atoms with van der Waals surface area (Å²) in [5, 5.41) is 39.8. The van der Waals surface area contributed by atoms with E-state index in [1.807, 2.05) is 23.0 Å². The van der Waals surface area contributed by atoms with Crippen molar-refractivity contribution in [1.29, 1.82) is 0 Å². The summed E-state index contributed by atoms with van der Waals surface area (Å²) in [6.45, 7) is 9.35. The number of hydrogen-bond acceptors (Lipinski definition) is 22. The minimum absolute atomic E-state index is 0.0718. The van der Waals surface area contributed by atoms with Gasteiger partial charge in [-0.2, -0.15) is 16.8 Å². The van der Waals surface area contributed by atoms with Crippen molar-refractivity contribution in [1.82, 2.24) is 60.3 Å². The van der Waals surface area contributed by atoms with Crippen LogP contribution in [0.15, 0.2) is 21.7 Å². The number of nitrogen functional groups attached to an aromatic ring is 2. The Kier molecular flexibility index (Phi) is 17.3. The van der Waals surface area contributed by atoms with Gasteiger partial charge in [0.2, 0.25) is 0 Å². The van der Waals surface area contributed by atoms with Crippen LogP contribution in [0, 0.1) is 23.7 Å². The number of fused-ring (bicyclic) bond motifs is 2. The summed E-state index contributed by atoms with van der Waals surface area (Å²) in [6.07, 6.45) is 4.48. The van der Waals surface area contributed by atoms with Gasteiger partial charge >= 0.3 is 0 Å². The molecule has 0 saturated heterocycles. The van der Waals surface area contributed by atoms with Crippen molar-refractivity contribution in [3.63, 3.8) is 0 Å². The summed E-state index contributed by atoms with van der Waals surface area (Å²) in [4.78, 5) is 17.9. The molecule has 6 rings (SSSR count). The first-order chi connectivity index (χ1) is 31.4. The molecule has 0 aliphatic carbocycles. The van der Waals surface area contributed by atoms with E-state index in [4.69, 9.17) is 44.4 Å². The highest BCUT2D eigenvalue weighted by Gasteiger charge is 2.25. The average Bonchev–Trinajstić information content (AvgIpc) is 4.06. The lowest BCUT2D eigenvalue weighted by Crippen LogP contribution is -2.26. The predicted octanol–water partition coefficient (Wildman–Crippen LogP) is 0.126. The van der Waals surface area contributed by atoms with Crippen LogP contribution >= 0.6 is 0 Å². The third-order valence-corrected chi connectivity index (χ3v) is 10.4. The van der Waals surface area contributed by atoms with E-state index in [9.17, 15) is 21.9 Å². The fourth-order valence-corrected chi connectivity index (χ4v) is 6.86. The molecule has 0 amide bonds. The van der Waals surface area contributed by atoms with Crippen molar-refractivity contribution in [2.75, 3.05) is 69.0 Å². The maximum absolute atomic E-state index is 10.8. The number of aliphatic hydroxyl groups excluding tert-OH is 1. The van der Waals surface area contributed by atoms with Crippen LogP contribution in [0.3, 0.4) is 0 Å². The fraction of sp³-hybridized carbons (Fsp3) is 0.474. The van der Waals surface area contributed by atoms with Crippen molar-refractivity contribution < 1.29 is 54.9 Å². The molecule has 0 saturated carbocycles. The number of unbranched alkanes of at least 4 members (excludes halogenated alkanes) is 1. The number of nitrogens with zero attached hydrogens (tertiary/aromatic N) is 10. The molecule has 0 aliphatic rings. The molecule has 66 heavy (non-hydrogen) atoms. The molecule has 6 heterocycles. The first-order valence-corrected chi connectivity index (χ1v) is 23.4. The molecular formula is C38H50N14O12S2. The smallest absolute Gasteiger partial charge is 0.266 e. The average molecular weight is 959 g/mol. The molecule has 0 unspecified atom stereocenters. The van der Waals surface area contributed by atoms with Gasteiger partial charge in [-0.05, 0) is 79.5 Å². The minimum atomic E-state index is -4.03. The summed E-state index contributed by atoms with van der Waals surface area (Å²) >= 11 is 0. The highest BCUT2D eigenvalue weighted by atomic mass is 32.2. The maximum Gasteiger partial charge on any atom is 0.266 e. The van der Waals surface area contributed by atoms with Crippen LogP contribution in [0.1, 0.15) is 51.9 Å². The zero-order valence-corrected chi connectivity index (χ0v) is 38.0. The van der Waals surface area contributed by atoms with Gasteiger partial charge in [0.25, 0.3) is 20.2 Å². The summed E-state index contributed by atoms with van der Waals surface area (Å²) in [5.41, 5.74) is 13.9. The lowest BCUT2D eigenvalue weighted by Gasteiger charge is -2.11. The Bertz CT molecular complexity index is 2960. The Hall–Kier alpha value is -6.50. The second kappa shape index (κ2) is 22.6. The van der Waals surface area contributed by atoms with Crippen molar-refractivity contribution in [2.45, 2.75) is 59.2 Å². The van der Waals surface area contributed by atoms with Gasteiger partial charge in [0.05, 0.1) is 30.5 Å². The first kappa shape index (κ1) is 50.5. The van der Waals surface area contributed by atoms with Gasteiger partial charge in [0.1, 0.15) is 52.3 Å². The number of nitrogens with one attached hydrogen (secondary N) is 2. The van der Waals surface area contributed by atoms with Crippen molar-refractivity contribution in [2.24, 2.45) is 0 Å². The molecule has 10 N–H and O–H groups in total. The van der Waals surface area contributed by atoms with Gasteiger partial charge in [0.15, 0.2) is 46.2 Å². The largest absolute Gasteiger partial charge is 0.490 e. The molecular weight excluding hydrogens is 909 g/mol. The Labute approximate surface area is 378 Å². The van der Waals surface area contributed by atoms with E-state index in [0.717, 1.165) is 6.42 Å². The van der Waals surface area contributed by atoms with E-state index in [-0.39, 0.29) is 55.1 Å². The molecule has 0 fully saturated rings. The number of hydrogen-bond donors (Lipinski definition) is 8. The fourth-order valence-electron chi connectivity index (χ4n) is 6.05. The molecule has 0 spiro atoms. The van der Waals surface area contributed by atoms with Gasteiger partial charge < -0.3 is 50.9 Å². The Morgan fingerprint density at radius 1 is 0.727 bits per heavy atom. The summed E-state index contributed by atoms with van der Waals surface area (Å²) in [6, 6.07) is 0. The number of pyridine rings is 2. The molecule has 26 nitrogen and oxygen atoms in total. The van der Waals surface area contributed by atoms with Crippen LogP contribution in [-0.2, 0) is 33.3 Å². The highest BCUT2D eigenvalue weighted by Crippen LogP contribution is 2.34. The van der Waals surface area contributed by atoms with E-state index in [1.54, 1.807) is 20.0 Å². The second-order valence-electron chi connectivity index (χ2n) is 14.4. The number of rotatable bonds is 20. The number of aliphatic hydroxyl groups is 2. The van der Waals surface area contributed by atoms with Crippen LogP contribution in [-0.4, -0.2) is 149 Å². The topological polar surface area (TPSA) is 383 Å². The number of imidazole rings is 2. The number of anilines is 2. The Morgan fingerprint density at radius 3 is 1.65 bits per heavy atom. The quantitative estimate of drug-likeness (QED) is 0.0286. The molecule has 0 aliphatic heterocycles.